The SMILES string of the molecule is CC(C)(C)N1CCC(c2ccccc2F)C1. The van der Waals surface area contributed by atoms with Gasteiger partial charge in [0.25, 0.3) is 0 Å². The minimum absolute atomic E-state index is 0.0525. The molecule has 0 saturated carbocycles. The average Bonchev–Trinajstić information content (AvgIpc) is 2.66. The lowest BCUT2D eigenvalue weighted by Gasteiger charge is -2.31. The van der Waals surface area contributed by atoms with Crippen LogP contribution in [0.2, 0.25) is 0 Å². The first-order chi connectivity index (χ1) is 7.48. The summed E-state index contributed by atoms with van der Waals surface area (Å²) in [7, 11) is 0. The lowest BCUT2D eigenvalue weighted by molar-refractivity contribution is 0.172. The molecule has 1 heterocycles. The van der Waals surface area contributed by atoms with E-state index in [1.165, 1.54) is 0 Å². The van der Waals surface area contributed by atoms with Crippen LogP contribution in [0.5, 0.6) is 0 Å². The van der Waals surface area contributed by atoms with Crippen LogP contribution >= 0.6 is 0 Å². The summed E-state index contributed by atoms with van der Waals surface area (Å²) in [5.41, 5.74) is 1.08. The van der Waals surface area contributed by atoms with Crippen molar-refractivity contribution in [1.82, 2.24) is 4.90 Å². The first-order valence-corrected chi connectivity index (χ1v) is 5.98. The summed E-state index contributed by atoms with van der Waals surface area (Å²) in [5.74, 6) is 0.309. The molecule has 1 saturated heterocycles. The smallest absolute Gasteiger partial charge is 0.126 e. The second-order valence-corrected chi connectivity index (χ2v) is 5.62. The lowest BCUT2D eigenvalue weighted by atomic mass is 9.98. The van der Waals surface area contributed by atoms with Crippen LogP contribution < -0.4 is 0 Å². The Kier molecular flexibility index (Phi) is 3.02. The molecule has 2 rings (SSSR count). The Hall–Kier alpha value is -0.890. The number of rotatable bonds is 1. The topological polar surface area (TPSA) is 3.24 Å². The fourth-order valence-electron chi connectivity index (χ4n) is 2.43. The molecule has 16 heavy (non-hydrogen) atoms. The van der Waals surface area contributed by atoms with Crippen LogP contribution in [0.25, 0.3) is 0 Å². The van der Waals surface area contributed by atoms with Gasteiger partial charge in [-0.25, -0.2) is 4.39 Å². The van der Waals surface area contributed by atoms with Gasteiger partial charge in [-0.15, -0.1) is 0 Å². The summed E-state index contributed by atoms with van der Waals surface area (Å²) in [6.07, 6.45) is 1.07. The molecular formula is C14H20FN. The highest BCUT2D eigenvalue weighted by atomic mass is 19.1. The summed E-state index contributed by atoms with van der Waals surface area (Å²) >= 11 is 0. The van der Waals surface area contributed by atoms with Crippen molar-refractivity contribution in [2.75, 3.05) is 13.1 Å². The second-order valence-electron chi connectivity index (χ2n) is 5.62. The Bertz CT molecular complexity index is 367. The van der Waals surface area contributed by atoms with Gasteiger partial charge in [0.15, 0.2) is 0 Å². The predicted octanol–water partition coefficient (Wildman–Crippen LogP) is 3.41. The average molecular weight is 221 g/mol. The fraction of sp³-hybridized carbons (Fsp3) is 0.571. The van der Waals surface area contributed by atoms with Gasteiger partial charge in [-0.3, -0.25) is 4.90 Å². The maximum Gasteiger partial charge on any atom is 0.126 e. The number of hydrogen-bond donors (Lipinski definition) is 0. The molecule has 1 unspecified atom stereocenters. The Morgan fingerprint density at radius 1 is 1.25 bits per heavy atom. The van der Waals surface area contributed by atoms with Crippen molar-refractivity contribution in [3.05, 3.63) is 35.6 Å². The molecule has 0 amide bonds. The maximum absolute atomic E-state index is 13.6. The van der Waals surface area contributed by atoms with Crippen LogP contribution in [0.3, 0.4) is 0 Å². The van der Waals surface area contributed by atoms with Crippen LogP contribution in [0.15, 0.2) is 24.3 Å². The summed E-state index contributed by atoms with van der Waals surface area (Å²) in [4.78, 5) is 2.43. The third-order valence-electron chi connectivity index (χ3n) is 3.48. The summed E-state index contributed by atoms with van der Waals surface area (Å²) in [6.45, 7) is 8.71. The highest BCUT2D eigenvalue weighted by Gasteiger charge is 2.31. The van der Waals surface area contributed by atoms with Gasteiger partial charge < -0.3 is 0 Å². The quantitative estimate of drug-likeness (QED) is 0.702. The molecule has 1 nitrogen and oxygen atoms in total. The van der Waals surface area contributed by atoms with E-state index in [0.29, 0.717) is 5.92 Å². The Labute approximate surface area is 97.3 Å². The highest BCUT2D eigenvalue weighted by molar-refractivity contribution is 5.23. The second kappa shape index (κ2) is 4.17. The summed E-state index contributed by atoms with van der Waals surface area (Å²) in [5, 5.41) is 0. The summed E-state index contributed by atoms with van der Waals surface area (Å²) in [6, 6.07) is 7.18. The van der Waals surface area contributed by atoms with Crippen LogP contribution in [-0.4, -0.2) is 23.5 Å². The number of likely N-dealkylation sites (tertiary alicyclic amines) is 1. The molecule has 1 aliphatic heterocycles. The van der Waals surface area contributed by atoms with Crippen molar-refractivity contribution < 1.29 is 4.39 Å². The predicted molar refractivity (Wildman–Crippen MR) is 65.1 cm³/mol. The number of hydrogen-bond acceptors (Lipinski definition) is 1. The molecule has 1 aliphatic rings. The minimum atomic E-state index is -0.0525. The Morgan fingerprint density at radius 3 is 2.50 bits per heavy atom. The zero-order chi connectivity index (χ0) is 11.8. The van der Waals surface area contributed by atoms with Gasteiger partial charge in [0.2, 0.25) is 0 Å². The van der Waals surface area contributed by atoms with Gasteiger partial charge in [-0.05, 0) is 45.4 Å². The zero-order valence-electron chi connectivity index (χ0n) is 10.3. The molecule has 1 fully saturated rings. The van der Waals surface area contributed by atoms with E-state index < -0.39 is 0 Å². The monoisotopic (exact) mass is 221 g/mol. The molecular weight excluding hydrogens is 201 g/mol. The standard InChI is InChI=1S/C14H20FN/c1-14(2,3)16-9-8-11(10-16)12-6-4-5-7-13(12)15/h4-7,11H,8-10H2,1-3H3. The highest BCUT2D eigenvalue weighted by Crippen LogP contribution is 2.32. The molecule has 0 N–H and O–H groups in total. The van der Waals surface area contributed by atoms with E-state index >= 15 is 0 Å². The molecule has 1 aromatic rings. The van der Waals surface area contributed by atoms with Crippen LogP contribution in [0.4, 0.5) is 4.39 Å². The maximum atomic E-state index is 13.6. The molecule has 0 spiro atoms. The zero-order valence-corrected chi connectivity index (χ0v) is 10.3. The largest absolute Gasteiger partial charge is 0.298 e. The van der Waals surface area contributed by atoms with Crippen molar-refractivity contribution in [1.29, 1.82) is 0 Å². The van der Waals surface area contributed by atoms with Crippen molar-refractivity contribution in [2.24, 2.45) is 0 Å². The molecule has 2 heteroatoms. The normalized spacial score (nSPS) is 22.6. The van der Waals surface area contributed by atoms with E-state index in [9.17, 15) is 4.39 Å². The molecule has 0 radical (unpaired) electrons. The van der Waals surface area contributed by atoms with Crippen LogP contribution in [-0.2, 0) is 0 Å². The van der Waals surface area contributed by atoms with Crippen molar-refractivity contribution in [2.45, 2.75) is 38.6 Å². The van der Waals surface area contributed by atoms with E-state index in [2.05, 4.69) is 25.7 Å². The number of nitrogens with zero attached hydrogens (tertiary/aromatic N) is 1. The Balaban J connectivity index is 2.13. The molecule has 1 aromatic carbocycles. The van der Waals surface area contributed by atoms with E-state index in [-0.39, 0.29) is 11.4 Å². The van der Waals surface area contributed by atoms with Gasteiger partial charge in [0.1, 0.15) is 5.82 Å². The van der Waals surface area contributed by atoms with E-state index in [1.54, 1.807) is 12.1 Å². The van der Waals surface area contributed by atoms with Crippen molar-refractivity contribution in [3.8, 4) is 0 Å². The Morgan fingerprint density at radius 2 is 1.94 bits per heavy atom. The van der Waals surface area contributed by atoms with E-state index in [1.807, 2.05) is 12.1 Å². The van der Waals surface area contributed by atoms with Gasteiger partial charge >= 0.3 is 0 Å². The van der Waals surface area contributed by atoms with Gasteiger partial charge in [0, 0.05) is 18.0 Å². The third-order valence-corrected chi connectivity index (χ3v) is 3.48. The van der Waals surface area contributed by atoms with E-state index in [4.69, 9.17) is 0 Å². The first kappa shape index (κ1) is 11.6. The lowest BCUT2D eigenvalue weighted by Crippen LogP contribution is -2.39. The van der Waals surface area contributed by atoms with Gasteiger partial charge in [-0.2, -0.15) is 0 Å². The molecule has 88 valence electrons. The first-order valence-electron chi connectivity index (χ1n) is 5.98. The van der Waals surface area contributed by atoms with Crippen LogP contribution in [0.1, 0.15) is 38.7 Å². The minimum Gasteiger partial charge on any atom is -0.298 e. The van der Waals surface area contributed by atoms with Crippen LogP contribution in [0, 0.1) is 5.82 Å². The number of benzene rings is 1. The van der Waals surface area contributed by atoms with E-state index in [0.717, 1.165) is 25.1 Å². The van der Waals surface area contributed by atoms with Crippen molar-refractivity contribution in [3.63, 3.8) is 0 Å². The number of halogens is 1. The fourth-order valence-corrected chi connectivity index (χ4v) is 2.43. The summed E-state index contributed by atoms with van der Waals surface area (Å²) < 4.78 is 13.6. The molecule has 1 atom stereocenters. The van der Waals surface area contributed by atoms with Crippen molar-refractivity contribution >= 4 is 0 Å². The van der Waals surface area contributed by atoms with Gasteiger partial charge in [-0.1, -0.05) is 18.2 Å². The molecule has 0 bridgehead atoms. The molecule has 0 aliphatic carbocycles. The van der Waals surface area contributed by atoms with Gasteiger partial charge in [0.05, 0.1) is 0 Å². The third kappa shape index (κ3) is 2.27. The molecule has 0 aromatic heterocycles.